The molecule has 30 heavy (non-hydrogen) atoms. The number of nitrogens with one attached hydrogen (secondary N) is 1. The molecule has 3 rings (SSSR count). The van der Waals surface area contributed by atoms with Crippen molar-refractivity contribution in [1.29, 1.82) is 0 Å². The van der Waals surface area contributed by atoms with E-state index in [1.165, 1.54) is 5.56 Å². The van der Waals surface area contributed by atoms with E-state index in [1.54, 1.807) is 19.2 Å². The number of methoxy groups -OCH3 is 1. The third kappa shape index (κ3) is 6.23. The van der Waals surface area contributed by atoms with Crippen molar-refractivity contribution in [1.82, 2.24) is 5.32 Å². The minimum absolute atomic E-state index is 0.230. The van der Waals surface area contributed by atoms with Crippen molar-refractivity contribution in [2.45, 2.75) is 32.1 Å². The molecule has 3 aromatic carbocycles. The van der Waals surface area contributed by atoms with Gasteiger partial charge in [0, 0.05) is 12.6 Å². The average Bonchev–Trinajstić information content (AvgIpc) is 2.77. The molecule has 4 nitrogen and oxygen atoms in total. The molecule has 0 aliphatic heterocycles. The second kappa shape index (κ2) is 11.0. The Labute approximate surface area is 183 Å². The number of rotatable bonds is 10. The minimum Gasteiger partial charge on any atom is -0.493 e. The van der Waals surface area contributed by atoms with Crippen LogP contribution in [0.3, 0.4) is 0 Å². The van der Waals surface area contributed by atoms with Crippen LogP contribution in [0.1, 0.15) is 29.7 Å². The standard InChI is InChI=1S/C25H28ClNO3/c1-18(13-19-9-5-3-6-10-19)27-16-23(28)21-14-22(26)25(24(15-21)29-2)30-17-20-11-7-4-8-12-20/h3-12,14-15,18,23,27-28H,13,16-17H2,1-2H3/t18?,23-/m0/s1. The molecule has 0 aromatic heterocycles. The van der Waals surface area contributed by atoms with E-state index < -0.39 is 6.10 Å². The van der Waals surface area contributed by atoms with Gasteiger partial charge in [-0.15, -0.1) is 0 Å². The SMILES string of the molecule is COc1cc([C@@H](O)CNC(C)Cc2ccccc2)cc(Cl)c1OCc1ccccc1. The van der Waals surface area contributed by atoms with Crippen LogP contribution in [0.2, 0.25) is 5.02 Å². The molecule has 2 atom stereocenters. The van der Waals surface area contributed by atoms with Gasteiger partial charge in [0.15, 0.2) is 11.5 Å². The van der Waals surface area contributed by atoms with Gasteiger partial charge in [-0.05, 0) is 42.2 Å². The van der Waals surface area contributed by atoms with E-state index in [4.69, 9.17) is 21.1 Å². The summed E-state index contributed by atoms with van der Waals surface area (Å²) in [5, 5.41) is 14.5. The predicted molar refractivity (Wildman–Crippen MR) is 121 cm³/mol. The van der Waals surface area contributed by atoms with Crippen molar-refractivity contribution < 1.29 is 14.6 Å². The van der Waals surface area contributed by atoms with Gasteiger partial charge in [-0.3, -0.25) is 0 Å². The van der Waals surface area contributed by atoms with E-state index in [-0.39, 0.29) is 6.04 Å². The van der Waals surface area contributed by atoms with E-state index >= 15 is 0 Å². The van der Waals surface area contributed by atoms with Crippen LogP contribution in [0.5, 0.6) is 11.5 Å². The van der Waals surface area contributed by atoms with Gasteiger partial charge in [-0.1, -0.05) is 72.3 Å². The minimum atomic E-state index is -0.710. The van der Waals surface area contributed by atoms with Crippen molar-refractivity contribution in [2.75, 3.05) is 13.7 Å². The molecule has 0 bridgehead atoms. The summed E-state index contributed by atoms with van der Waals surface area (Å²) in [6.45, 7) is 2.91. The Bertz CT molecular complexity index is 918. The Balaban J connectivity index is 1.61. The number of benzene rings is 3. The third-order valence-corrected chi connectivity index (χ3v) is 5.19. The molecule has 2 N–H and O–H groups in total. The van der Waals surface area contributed by atoms with E-state index in [0.29, 0.717) is 35.2 Å². The molecule has 5 heteroatoms. The summed E-state index contributed by atoms with van der Waals surface area (Å²) < 4.78 is 11.4. The maximum Gasteiger partial charge on any atom is 0.180 e. The normalized spacial score (nSPS) is 12.9. The fourth-order valence-corrected chi connectivity index (χ4v) is 3.55. The zero-order chi connectivity index (χ0) is 21.3. The Hall–Kier alpha value is -2.53. The molecule has 0 saturated heterocycles. The van der Waals surface area contributed by atoms with Crippen molar-refractivity contribution in [3.63, 3.8) is 0 Å². The molecule has 0 amide bonds. The van der Waals surface area contributed by atoms with Gasteiger partial charge in [0.1, 0.15) is 6.61 Å². The fourth-order valence-electron chi connectivity index (χ4n) is 3.27. The van der Waals surface area contributed by atoms with Crippen LogP contribution in [0, 0.1) is 0 Å². The van der Waals surface area contributed by atoms with Gasteiger partial charge in [0.25, 0.3) is 0 Å². The lowest BCUT2D eigenvalue weighted by Crippen LogP contribution is -2.32. The third-order valence-electron chi connectivity index (χ3n) is 4.91. The number of hydrogen-bond acceptors (Lipinski definition) is 4. The highest BCUT2D eigenvalue weighted by molar-refractivity contribution is 6.32. The number of ether oxygens (including phenoxy) is 2. The lowest BCUT2D eigenvalue weighted by molar-refractivity contribution is 0.170. The Kier molecular flexibility index (Phi) is 8.14. The van der Waals surface area contributed by atoms with Gasteiger partial charge < -0.3 is 19.9 Å². The second-order valence-electron chi connectivity index (χ2n) is 7.32. The molecule has 158 valence electrons. The Morgan fingerprint density at radius 1 is 0.967 bits per heavy atom. The molecule has 0 heterocycles. The summed E-state index contributed by atoms with van der Waals surface area (Å²) in [6, 6.07) is 23.9. The van der Waals surface area contributed by atoms with Gasteiger partial charge in [-0.25, -0.2) is 0 Å². The summed E-state index contributed by atoms with van der Waals surface area (Å²) >= 11 is 6.46. The highest BCUT2D eigenvalue weighted by Crippen LogP contribution is 2.38. The van der Waals surface area contributed by atoms with Gasteiger partial charge in [0.05, 0.1) is 18.2 Å². The Morgan fingerprint density at radius 2 is 1.60 bits per heavy atom. The summed E-state index contributed by atoms with van der Waals surface area (Å²) in [5.74, 6) is 0.981. The maximum absolute atomic E-state index is 10.7. The van der Waals surface area contributed by atoms with Crippen molar-refractivity contribution >= 4 is 11.6 Å². The number of halogens is 1. The first-order valence-corrected chi connectivity index (χ1v) is 10.4. The lowest BCUT2D eigenvalue weighted by Gasteiger charge is -2.19. The predicted octanol–water partition coefficient (Wildman–Crippen LogP) is 5.18. The van der Waals surface area contributed by atoms with E-state index in [0.717, 1.165) is 12.0 Å². The summed E-state index contributed by atoms with van der Waals surface area (Å²) in [4.78, 5) is 0. The largest absolute Gasteiger partial charge is 0.493 e. The fraction of sp³-hybridized carbons (Fsp3) is 0.280. The first-order valence-electron chi connectivity index (χ1n) is 10.1. The van der Waals surface area contributed by atoms with Crippen LogP contribution in [0.4, 0.5) is 0 Å². The molecular formula is C25H28ClNO3. The smallest absolute Gasteiger partial charge is 0.180 e. The molecular weight excluding hydrogens is 398 g/mol. The average molecular weight is 426 g/mol. The molecule has 0 aliphatic rings. The molecule has 3 aromatic rings. The van der Waals surface area contributed by atoms with Crippen molar-refractivity contribution in [3.8, 4) is 11.5 Å². The first-order chi connectivity index (χ1) is 14.6. The van der Waals surface area contributed by atoms with Crippen LogP contribution in [0.25, 0.3) is 0 Å². The topological polar surface area (TPSA) is 50.7 Å². The highest BCUT2D eigenvalue weighted by Gasteiger charge is 2.17. The van der Waals surface area contributed by atoms with E-state index in [1.807, 2.05) is 48.5 Å². The number of hydrogen-bond donors (Lipinski definition) is 2. The zero-order valence-electron chi connectivity index (χ0n) is 17.3. The van der Waals surface area contributed by atoms with E-state index in [9.17, 15) is 5.11 Å². The molecule has 1 unspecified atom stereocenters. The van der Waals surface area contributed by atoms with Crippen LogP contribution in [-0.2, 0) is 13.0 Å². The Morgan fingerprint density at radius 3 is 2.23 bits per heavy atom. The first kappa shape index (κ1) is 22.2. The monoisotopic (exact) mass is 425 g/mol. The lowest BCUT2D eigenvalue weighted by atomic mass is 10.1. The summed E-state index contributed by atoms with van der Waals surface area (Å²) in [5.41, 5.74) is 2.98. The second-order valence-corrected chi connectivity index (χ2v) is 7.73. The van der Waals surface area contributed by atoms with Crippen LogP contribution in [-0.4, -0.2) is 24.8 Å². The van der Waals surface area contributed by atoms with Crippen molar-refractivity contribution in [2.24, 2.45) is 0 Å². The number of aliphatic hydroxyl groups excluding tert-OH is 1. The molecule has 0 saturated carbocycles. The maximum atomic E-state index is 10.7. The summed E-state index contributed by atoms with van der Waals surface area (Å²) in [7, 11) is 1.57. The molecule has 0 fully saturated rings. The molecule has 0 aliphatic carbocycles. The quantitative estimate of drug-likeness (QED) is 0.469. The molecule has 0 radical (unpaired) electrons. The van der Waals surface area contributed by atoms with Gasteiger partial charge >= 0.3 is 0 Å². The van der Waals surface area contributed by atoms with Gasteiger partial charge in [0.2, 0.25) is 0 Å². The molecule has 0 spiro atoms. The van der Waals surface area contributed by atoms with Crippen molar-refractivity contribution in [3.05, 3.63) is 94.5 Å². The van der Waals surface area contributed by atoms with Crippen LogP contribution >= 0.6 is 11.6 Å². The van der Waals surface area contributed by atoms with Gasteiger partial charge in [-0.2, -0.15) is 0 Å². The van der Waals surface area contributed by atoms with Crippen LogP contribution in [0.15, 0.2) is 72.8 Å². The van der Waals surface area contributed by atoms with E-state index in [2.05, 4.69) is 24.4 Å². The highest BCUT2D eigenvalue weighted by atomic mass is 35.5. The number of aliphatic hydroxyl groups is 1. The summed E-state index contributed by atoms with van der Waals surface area (Å²) in [6.07, 6.45) is 0.182. The van der Waals surface area contributed by atoms with Crippen LogP contribution < -0.4 is 14.8 Å². The zero-order valence-corrected chi connectivity index (χ0v) is 18.1.